The van der Waals surface area contributed by atoms with E-state index in [4.69, 9.17) is 11.6 Å². The maximum atomic E-state index is 13.3. The number of hydrogen-bond acceptors (Lipinski definition) is 4. The minimum absolute atomic E-state index is 0.0646. The van der Waals surface area contributed by atoms with Crippen LogP contribution in [0.4, 0.5) is 10.1 Å². The molecule has 1 saturated heterocycles. The Labute approximate surface area is 167 Å². The highest BCUT2D eigenvalue weighted by Crippen LogP contribution is 2.30. The maximum absolute atomic E-state index is 13.3. The molecular formula is C19H17ClFN3O3S. The fourth-order valence-corrected chi connectivity index (χ4v) is 4.93. The molecule has 0 spiro atoms. The van der Waals surface area contributed by atoms with Crippen molar-refractivity contribution in [1.29, 1.82) is 0 Å². The summed E-state index contributed by atoms with van der Waals surface area (Å²) in [7, 11) is -3.70. The first-order valence-electron chi connectivity index (χ1n) is 8.80. The van der Waals surface area contributed by atoms with Gasteiger partial charge in [-0.25, -0.2) is 4.39 Å². The summed E-state index contributed by atoms with van der Waals surface area (Å²) in [6.07, 6.45) is 1.39. The zero-order chi connectivity index (χ0) is 19.9. The van der Waals surface area contributed by atoms with Gasteiger partial charge in [-0.15, -0.1) is 4.40 Å². The monoisotopic (exact) mass is 421 g/mol. The highest BCUT2D eigenvalue weighted by Gasteiger charge is 2.35. The number of anilines is 1. The summed E-state index contributed by atoms with van der Waals surface area (Å²) in [5, 5.41) is 2.69. The lowest BCUT2D eigenvalue weighted by molar-refractivity contribution is -0.121. The Balaban J connectivity index is 1.52. The van der Waals surface area contributed by atoms with Gasteiger partial charge in [0, 0.05) is 24.3 Å². The normalized spacial score (nSPS) is 20.4. The van der Waals surface area contributed by atoms with E-state index >= 15 is 0 Å². The van der Waals surface area contributed by atoms with Gasteiger partial charge in [-0.05, 0) is 43.2 Å². The third kappa shape index (κ3) is 3.49. The lowest BCUT2D eigenvalue weighted by Gasteiger charge is -2.33. The van der Waals surface area contributed by atoms with Gasteiger partial charge < -0.3 is 10.2 Å². The van der Waals surface area contributed by atoms with Crippen LogP contribution in [0.3, 0.4) is 0 Å². The highest BCUT2D eigenvalue weighted by molar-refractivity contribution is 7.90. The molecule has 0 aromatic heterocycles. The quantitative estimate of drug-likeness (QED) is 0.807. The molecule has 0 saturated carbocycles. The molecule has 1 fully saturated rings. The second-order valence-corrected chi connectivity index (χ2v) is 8.77. The minimum atomic E-state index is -3.70. The molecule has 0 bridgehead atoms. The molecule has 2 aromatic carbocycles. The Kier molecular flexibility index (Phi) is 4.84. The summed E-state index contributed by atoms with van der Waals surface area (Å²) >= 11 is 5.76. The lowest BCUT2D eigenvalue weighted by Crippen LogP contribution is -2.43. The van der Waals surface area contributed by atoms with Crippen LogP contribution < -0.4 is 5.32 Å². The molecule has 0 radical (unpaired) electrons. The van der Waals surface area contributed by atoms with Gasteiger partial charge in [-0.2, -0.15) is 8.42 Å². The largest absolute Gasteiger partial charge is 0.355 e. The van der Waals surface area contributed by atoms with Crippen LogP contribution in [0.5, 0.6) is 0 Å². The Hall–Kier alpha value is -2.45. The number of nitrogens with one attached hydrogen (secondary N) is 1. The third-order valence-electron chi connectivity index (χ3n) is 4.89. The molecule has 0 aliphatic carbocycles. The first-order chi connectivity index (χ1) is 13.3. The van der Waals surface area contributed by atoms with E-state index in [9.17, 15) is 17.6 Å². The predicted octanol–water partition coefficient (Wildman–Crippen LogP) is 3.28. The molecule has 2 aromatic rings. The van der Waals surface area contributed by atoms with Crippen LogP contribution in [0.1, 0.15) is 18.4 Å². The van der Waals surface area contributed by atoms with E-state index in [1.807, 2.05) is 4.90 Å². The van der Waals surface area contributed by atoms with Gasteiger partial charge in [0.25, 0.3) is 10.0 Å². The molecule has 9 heteroatoms. The summed E-state index contributed by atoms with van der Waals surface area (Å²) in [5.41, 5.74) is 0.980. The lowest BCUT2D eigenvalue weighted by atomic mass is 9.96. The van der Waals surface area contributed by atoms with Crippen molar-refractivity contribution in [3.63, 3.8) is 0 Å². The van der Waals surface area contributed by atoms with Crippen molar-refractivity contribution in [3.8, 4) is 0 Å². The molecule has 1 amide bonds. The van der Waals surface area contributed by atoms with E-state index in [0.29, 0.717) is 36.6 Å². The van der Waals surface area contributed by atoms with Crippen LogP contribution in [-0.4, -0.2) is 38.2 Å². The number of likely N-dealkylation sites (tertiary alicyclic amines) is 1. The number of benzene rings is 2. The van der Waals surface area contributed by atoms with Crippen molar-refractivity contribution in [2.75, 3.05) is 18.4 Å². The number of piperidine rings is 1. The van der Waals surface area contributed by atoms with E-state index in [1.54, 1.807) is 18.2 Å². The fourth-order valence-electron chi connectivity index (χ4n) is 3.52. The van der Waals surface area contributed by atoms with Crippen molar-refractivity contribution in [3.05, 3.63) is 58.9 Å². The number of amidine groups is 1. The Morgan fingerprint density at radius 1 is 1.25 bits per heavy atom. The predicted molar refractivity (Wildman–Crippen MR) is 105 cm³/mol. The van der Waals surface area contributed by atoms with Gasteiger partial charge in [0.2, 0.25) is 5.91 Å². The van der Waals surface area contributed by atoms with E-state index in [1.165, 1.54) is 24.3 Å². The van der Waals surface area contributed by atoms with Gasteiger partial charge in [-0.3, -0.25) is 4.79 Å². The van der Waals surface area contributed by atoms with Crippen LogP contribution in [0.2, 0.25) is 5.02 Å². The number of sulfonamides is 1. The fraction of sp³-hybridized carbons (Fsp3) is 0.263. The number of carbonyl (C=O) groups is 1. The SMILES string of the molecule is O=C(Nc1ccc(F)c(Cl)c1)[C@@H]1CCCN(C2=NS(=O)(=O)c3ccccc32)C1. The molecule has 146 valence electrons. The topological polar surface area (TPSA) is 78.8 Å². The minimum Gasteiger partial charge on any atom is -0.355 e. The Morgan fingerprint density at radius 2 is 2.04 bits per heavy atom. The van der Waals surface area contributed by atoms with Crippen molar-refractivity contribution < 1.29 is 17.6 Å². The summed E-state index contributed by atoms with van der Waals surface area (Å²) in [4.78, 5) is 14.7. The molecule has 2 aliphatic heterocycles. The first kappa shape index (κ1) is 18.9. The number of amides is 1. The Bertz CT molecular complexity index is 1090. The molecule has 6 nitrogen and oxygen atoms in total. The number of nitrogens with zero attached hydrogens (tertiary/aromatic N) is 2. The van der Waals surface area contributed by atoms with E-state index in [-0.39, 0.29) is 21.7 Å². The van der Waals surface area contributed by atoms with Gasteiger partial charge >= 0.3 is 0 Å². The zero-order valence-electron chi connectivity index (χ0n) is 14.7. The number of halogens is 2. The first-order valence-corrected chi connectivity index (χ1v) is 10.6. The van der Waals surface area contributed by atoms with Gasteiger partial charge in [-0.1, -0.05) is 23.7 Å². The van der Waals surface area contributed by atoms with Crippen LogP contribution in [0.25, 0.3) is 0 Å². The number of hydrogen-bond donors (Lipinski definition) is 1. The molecule has 2 aliphatic rings. The van der Waals surface area contributed by atoms with Crippen LogP contribution in [0.15, 0.2) is 51.8 Å². The van der Waals surface area contributed by atoms with Crippen LogP contribution >= 0.6 is 11.6 Å². The molecule has 1 atom stereocenters. The molecular weight excluding hydrogens is 405 g/mol. The molecule has 0 unspecified atom stereocenters. The van der Waals surface area contributed by atoms with Gasteiger partial charge in [0.15, 0.2) is 5.84 Å². The average Bonchev–Trinajstić information content (AvgIpc) is 2.96. The number of rotatable bonds is 2. The van der Waals surface area contributed by atoms with E-state index < -0.39 is 15.8 Å². The molecule has 1 N–H and O–H groups in total. The molecule has 4 rings (SSSR count). The smallest absolute Gasteiger partial charge is 0.285 e. The summed E-state index contributed by atoms with van der Waals surface area (Å²) in [5.74, 6) is -0.738. The van der Waals surface area contributed by atoms with Crippen LogP contribution in [-0.2, 0) is 14.8 Å². The second-order valence-electron chi connectivity index (χ2n) is 6.79. The van der Waals surface area contributed by atoms with Crippen molar-refractivity contribution in [2.24, 2.45) is 10.3 Å². The third-order valence-corrected chi connectivity index (χ3v) is 6.51. The highest BCUT2D eigenvalue weighted by atomic mass is 35.5. The van der Waals surface area contributed by atoms with Crippen molar-refractivity contribution >= 4 is 39.1 Å². The van der Waals surface area contributed by atoms with E-state index in [0.717, 1.165) is 6.42 Å². The Morgan fingerprint density at radius 3 is 2.82 bits per heavy atom. The average molecular weight is 422 g/mol. The van der Waals surface area contributed by atoms with Gasteiger partial charge in [0.05, 0.1) is 10.9 Å². The van der Waals surface area contributed by atoms with Crippen molar-refractivity contribution in [1.82, 2.24) is 4.90 Å². The van der Waals surface area contributed by atoms with Crippen LogP contribution in [0, 0.1) is 11.7 Å². The standard InChI is InChI=1S/C19H17ClFN3O3S/c20-15-10-13(7-8-16(15)21)22-19(25)12-4-3-9-24(11-12)18-14-5-1-2-6-17(14)28(26,27)23-18/h1-2,5-8,10,12H,3-4,9,11H2,(H,22,25)/t12-/m1/s1. The summed E-state index contributed by atoms with van der Waals surface area (Å²) in [6, 6.07) is 10.7. The van der Waals surface area contributed by atoms with E-state index in [2.05, 4.69) is 9.71 Å². The van der Waals surface area contributed by atoms with Gasteiger partial charge in [0.1, 0.15) is 10.7 Å². The second kappa shape index (κ2) is 7.18. The summed E-state index contributed by atoms with van der Waals surface area (Å²) in [6.45, 7) is 0.971. The molecule has 2 heterocycles. The number of fused-ring (bicyclic) bond motifs is 1. The summed E-state index contributed by atoms with van der Waals surface area (Å²) < 4.78 is 41.8. The van der Waals surface area contributed by atoms with Crippen molar-refractivity contribution in [2.45, 2.75) is 17.7 Å². The number of carbonyl (C=O) groups excluding carboxylic acids is 1. The maximum Gasteiger partial charge on any atom is 0.285 e. The molecule has 28 heavy (non-hydrogen) atoms. The zero-order valence-corrected chi connectivity index (χ0v) is 16.3.